The predicted octanol–water partition coefficient (Wildman–Crippen LogP) is 4.65. The van der Waals surface area contributed by atoms with Gasteiger partial charge in [-0.15, -0.1) is 0 Å². The molecule has 0 fully saturated rings. The van der Waals surface area contributed by atoms with Gasteiger partial charge >= 0.3 is 19.7 Å². The van der Waals surface area contributed by atoms with Crippen LogP contribution < -0.4 is 15.8 Å². The molecule has 0 aliphatic carbocycles. The third kappa shape index (κ3) is 8.41. The van der Waals surface area contributed by atoms with Crippen LogP contribution in [-0.4, -0.2) is 38.7 Å². The number of nitrogen functional groups attached to an aromatic ring is 1. The highest BCUT2D eigenvalue weighted by Crippen LogP contribution is 2.48. The second-order valence-electron chi connectivity index (χ2n) is 6.08. The molecule has 0 unspecified atom stereocenters. The van der Waals surface area contributed by atoms with Crippen LogP contribution in [0.3, 0.4) is 0 Å². The molecule has 0 spiro atoms. The lowest BCUT2D eigenvalue weighted by Crippen LogP contribution is -2.18. The van der Waals surface area contributed by atoms with Gasteiger partial charge in [0.1, 0.15) is 12.0 Å². The van der Waals surface area contributed by atoms with Crippen LogP contribution in [0.5, 0.6) is 5.75 Å². The number of anilines is 2. The van der Waals surface area contributed by atoms with Crippen LogP contribution in [0.4, 0.5) is 24.5 Å². The third-order valence-corrected chi connectivity index (χ3v) is 5.53. The average molecular weight is 456 g/mol. The standard InChI is InChI=1S/C18H28F3N2O6P/c1-4-7-8-26-17(24)11-27-16-10-15(14(22)9-13(16)18(19,20)21)23-12-30(25,28-5-2)29-6-3/h9-10,23H,4-8,11-12,22H2,1-3H3. The van der Waals surface area contributed by atoms with E-state index < -0.39 is 37.7 Å². The first kappa shape index (κ1) is 26.1. The molecule has 8 nitrogen and oxygen atoms in total. The number of hydrogen-bond donors (Lipinski definition) is 2. The molecule has 1 aromatic rings. The van der Waals surface area contributed by atoms with E-state index in [1.807, 2.05) is 6.92 Å². The van der Waals surface area contributed by atoms with Crippen molar-refractivity contribution >= 4 is 24.9 Å². The van der Waals surface area contributed by atoms with Gasteiger partial charge in [0.15, 0.2) is 6.61 Å². The number of halogens is 3. The summed E-state index contributed by atoms with van der Waals surface area (Å²) in [6.45, 7) is 4.86. The molecule has 0 radical (unpaired) electrons. The second kappa shape index (κ2) is 12.0. The quantitative estimate of drug-likeness (QED) is 0.191. The third-order valence-electron chi connectivity index (χ3n) is 3.68. The Hall–Kier alpha value is -1.97. The number of nitrogens with one attached hydrogen (secondary N) is 1. The molecule has 1 aromatic carbocycles. The van der Waals surface area contributed by atoms with E-state index in [4.69, 9.17) is 24.3 Å². The fourth-order valence-corrected chi connectivity index (χ4v) is 3.71. The van der Waals surface area contributed by atoms with Gasteiger partial charge in [0, 0.05) is 6.07 Å². The zero-order valence-corrected chi connectivity index (χ0v) is 18.1. The van der Waals surface area contributed by atoms with Gasteiger partial charge in [-0.05, 0) is 26.3 Å². The Labute approximate surface area is 173 Å². The Bertz CT molecular complexity index is 735. The second-order valence-corrected chi connectivity index (χ2v) is 8.13. The normalized spacial score (nSPS) is 11.9. The summed E-state index contributed by atoms with van der Waals surface area (Å²) in [7, 11) is -3.51. The summed E-state index contributed by atoms with van der Waals surface area (Å²) in [5.41, 5.74) is 4.35. The maximum absolute atomic E-state index is 13.4. The molecule has 0 heterocycles. The summed E-state index contributed by atoms with van der Waals surface area (Å²) in [6, 6.07) is 1.66. The first-order chi connectivity index (χ1) is 14.1. The van der Waals surface area contributed by atoms with Crippen molar-refractivity contribution in [3.63, 3.8) is 0 Å². The van der Waals surface area contributed by atoms with Gasteiger partial charge in [0.25, 0.3) is 0 Å². The molecular weight excluding hydrogens is 428 g/mol. The van der Waals surface area contributed by atoms with Gasteiger partial charge in [0.05, 0.1) is 36.8 Å². The zero-order valence-electron chi connectivity index (χ0n) is 17.2. The summed E-state index contributed by atoms with van der Waals surface area (Å²) < 4.78 is 72.8. The first-order valence-electron chi connectivity index (χ1n) is 9.47. The summed E-state index contributed by atoms with van der Waals surface area (Å²) in [6.07, 6.45) is -3.65. The Balaban J connectivity index is 3.03. The smallest absolute Gasteiger partial charge is 0.420 e. The molecule has 30 heavy (non-hydrogen) atoms. The Morgan fingerprint density at radius 2 is 1.80 bits per heavy atom. The summed E-state index contributed by atoms with van der Waals surface area (Å²) in [5, 5.41) is 2.67. The van der Waals surface area contributed by atoms with Gasteiger partial charge in [-0.25, -0.2) is 4.79 Å². The highest BCUT2D eigenvalue weighted by Gasteiger charge is 2.36. The minimum atomic E-state index is -4.76. The number of nitrogens with two attached hydrogens (primary N) is 1. The van der Waals surface area contributed by atoms with Gasteiger partial charge in [-0.2, -0.15) is 13.2 Å². The number of esters is 1. The van der Waals surface area contributed by atoms with Gasteiger partial charge in [-0.1, -0.05) is 13.3 Å². The van der Waals surface area contributed by atoms with E-state index in [2.05, 4.69) is 5.32 Å². The van der Waals surface area contributed by atoms with Crippen LogP contribution in [0.15, 0.2) is 12.1 Å². The van der Waals surface area contributed by atoms with E-state index in [0.29, 0.717) is 12.5 Å². The van der Waals surface area contributed by atoms with E-state index in [-0.39, 0.29) is 37.5 Å². The van der Waals surface area contributed by atoms with Crippen molar-refractivity contribution in [3.05, 3.63) is 17.7 Å². The zero-order chi connectivity index (χ0) is 22.8. The number of carbonyl (C=O) groups excluding carboxylic acids is 1. The Morgan fingerprint density at radius 3 is 2.33 bits per heavy atom. The van der Waals surface area contributed by atoms with Crippen LogP contribution >= 0.6 is 7.60 Å². The number of rotatable bonds is 13. The summed E-state index contributed by atoms with van der Waals surface area (Å²) >= 11 is 0. The molecule has 0 saturated heterocycles. The summed E-state index contributed by atoms with van der Waals surface area (Å²) in [5.74, 6) is -1.41. The summed E-state index contributed by atoms with van der Waals surface area (Å²) in [4.78, 5) is 11.7. The van der Waals surface area contributed by atoms with E-state index >= 15 is 0 Å². The van der Waals surface area contributed by atoms with Crippen LogP contribution in [0.25, 0.3) is 0 Å². The van der Waals surface area contributed by atoms with Gasteiger partial charge < -0.3 is 29.6 Å². The van der Waals surface area contributed by atoms with E-state index in [1.165, 1.54) is 0 Å². The largest absolute Gasteiger partial charge is 0.481 e. The highest BCUT2D eigenvalue weighted by atomic mass is 31.2. The molecule has 172 valence electrons. The molecule has 0 amide bonds. The first-order valence-corrected chi connectivity index (χ1v) is 11.2. The molecule has 0 saturated carbocycles. The van der Waals surface area contributed by atoms with E-state index in [9.17, 15) is 22.5 Å². The topological polar surface area (TPSA) is 109 Å². The van der Waals surface area contributed by atoms with E-state index in [1.54, 1.807) is 13.8 Å². The van der Waals surface area contributed by atoms with E-state index in [0.717, 1.165) is 12.5 Å². The highest BCUT2D eigenvalue weighted by molar-refractivity contribution is 7.53. The van der Waals surface area contributed by atoms with Crippen molar-refractivity contribution in [1.29, 1.82) is 0 Å². The maximum atomic E-state index is 13.4. The van der Waals surface area contributed by atoms with Crippen molar-refractivity contribution in [3.8, 4) is 5.75 Å². The van der Waals surface area contributed by atoms with Crippen LogP contribution in [0, 0.1) is 0 Å². The number of unbranched alkanes of at least 4 members (excludes halogenated alkanes) is 1. The van der Waals surface area contributed by atoms with Gasteiger partial charge in [0.2, 0.25) is 0 Å². The number of hydrogen-bond acceptors (Lipinski definition) is 8. The minimum Gasteiger partial charge on any atom is -0.481 e. The minimum absolute atomic E-state index is 0.0250. The molecule has 0 aliphatic rings. The molecular formula is C18H28F3N2O6P. The van der Waals surface area contributed by atoms with Crippen LogP contribution in [0.2, 0.25) is 0 Å². The number of benzene rings is 1. The average Bonchev–Trinajstić information content (AvgIpc) is 2.65. The number of ether oxygens (including phenoxy) is 2. The van der Waals surface area contributed by atoms with Crippen molar-refractivity contribution < 1.29 is 41.1 Å². The molecule has 12 heteroatoms. The maximum Gasteiger partial charge on any atom is 0.420 e. The lowest BCUT2D eigenvalue weighted by Gasteiger charge is -2.20. The van der Waals surface area contributed by atoms with Crippen LogP contribution in [-0.2, 0) is 29.3 Å². The molecule has 3 N–H and O–H groups in total. The molecule has 0 atom stereocenters. The fraction of sp³-hybridized carbons (Fsp3) is 0.611. The lowest BCUT2D eigenvalue weighted by atomic mass is 10.1. The van der Waals surface area contributed by atoms with Gasteiger partial charge in [-0.3, -0.25) is 4.57 Å². The molecule has 0 bridgehead atoms. The fourth-order valence-electron chi connectivity index (χ4n) is 2.30. The van der Waals surface area contributed by atoms with Crippen molar-refractivity contribution in [2.24, 2.45) is 0 Å². The predicted molar refractivity (Wildman–Crippen MR) is 107 cm³/mol. The monoisotopic (exact) mass is 456 g/mol. The van der Waals surface area contributed by atoms with Crippen molar-refractivity contribution in [2.45, 2.75) is 39.8 Å². The van der Waals surface area contributed by atoms with Crippen molar-refractivity contribution in [1.82, 2.24) is 0 Å². The molecule has 0 aliphatic heterocycles. The molecule has 1 rings (SSSR count). The SMILES string of the molecule is CCCCOC(=O)COc1cc(NCP(=O)(OCC)OCC)c(N)cc1C(F)(F)F. The lowest BCUT2D eigenvalue weighted by molar-refractivity contribution is -0.148. The Morgan fingerprint density at radius 1 is 1.17 bits per heavy atom. The van der Waals surface area contributed by atoms with Crippen molar-refractivity contribution in [2.75, 3.05) is 43.8 Å². The van der Waals surface area contributed by atoms with Crippen LogP contribution in [0.1, 0.15) is 39.2 Å². The number of carbonyl (C=O) groups is 1. The molecule has 0 aromatic heterocycles. The number of alkyl halides is 3. The Kier molecular flexibility index (Phi) is 10.4.